The van der Waals surface area contributed by atoms with Crippen molar-refractivity contribution >= 4 is 10.2 Å². The van der Waals surface area contributed by atoms with Crippen LogP contribution in [0.1, 0.15) is 0 Å². The Hall–Kier alpha value is 0.137. The summed E-state index contributed by atoms with van der Waals surface area (Å²) in [5, 5.41) is 3.32. The van der Waals surface area contributed by atoms with Crippen LogP contribution in [-0.4, -0.2) is 35.7 Å². The van der Waals surface area contributed by atoms with Crippen molar-refractivity contribution in [2.75, 3.05) is 19.8 Å². The van der Waals surface area contributed by atoms with Gasteiger partial charge in [0.25, 0.3) is 0 Å². The highest BCUT2D eigenvalue weighted by atomic mass is 28.1. The summed E-state index contributed by atoms with van der Waals surface area (Å²) in [7, 11) is 1.21. The molecule has 2 nitrogen and oxygen atoms in total. The van der Waals surface area contributed by atoms with E-state index in [9.17, 15) is 0 Å². The standard InChI is InChI=1S/C4H11NOSi/c7-4-3-6-2-1-5-4/h4-5H,1-3H2,7H3/t4-/m1/s1. The molecule has 1 aliphatic heterocycles. The molecule has 0 spiro atoms. The van der Waals surface area contributed by atoms with Gasteiger partial charge in [0, 0.05) is 22.5 Å². The Morgan fingerprint density at radius 2 is 2.57 bits per heavy atom. The van der Waals surface area contributed by atoms with Gasteiger partial charge in [-0.15, -0.1) is 0 Å². The van der Waals surface area contributed by atoms with E-state index in [4.69, 9.17) is 4.74 Å². The summed E-state index contributed by atoms with van der Waals surface area (Å²) in [5.41, 5.74) is 0.703. The summed E-state index contributed by atoms with van der Waals surface area (Å²) >= 11 is 0. The molecule has 0 aromatic carbocycles. The van der Waals surface area contributed by atoms with Crippen LogP contribution in [0.15, 0.2) is 0 Å². The molecule has 7 heavy (non-hydrogen) atoms. The van der Waals surface area contributed by atoms with E-state index in [1.54, 1.807) is 0 Å². The summed E-state index contributed by atoms with van der Waals surface area (Å²) < 4.78 is 5.15. The minimum atomic E-state index is 0.703. The first-order chi connectivity index (χ1) is 3.39. The van der Waals surface area contributed by atoms with Crippen LogP contribution < -0.4 is 5.32 Å². The van der Waals surface area contributed by atoms with Crippen molar-refractivity contribution in [3.05, 3.63) is 0 Å². The lowest BCUT2D eigenvalue weighted by atomic mass is 10.5. The van der Waals surface area contributed by atoms with E-state index >= 15 is 0 Å². The van der Waals surface area contributed by atoms with Gasteiger partial charge in [0.2, 0.25) is 0 Å². The summed E-state index contributed by atoms with van der Waals surface area (Å²) in [6.07, 6.45) is 0. The van der Waals surface area contributed by atoms with Crippen molar-refractivity contribution in [2.45, 2.75) is 5.67 Å². The quantitative estimate of drug-likeness (QED) is 0.382. The largest absolute Gasteiger partial charge is 0.379 e. The smallest absolute Gasteiger partial charge is 0.0591 e. The molecule has 1 fully saturated rings. The maximum absolute atomic E-state index is 5.15. The van der Waals surface area contributed by atoms with Crippen LogP contribution in [-0.2, 0) is 4.74 Å². The molecule has 1 saturated heterocycles. The van der Waals surface area contributed by atoms with E-state index in [2.05, 4.69) is 5.32 Å². The van der Waals surface area contributed by atoms with Crippen LogP contribution in [0.25, 0.3) is 0 Å². The van der Waals surface area contributed by atoms with E-state index in [1.165, 1.54) is 10.2 Å². The lowest BCUT2D eigenvalue weighted by Crippen LogP contribution is -2.41. The molecule has 1 aliphatic rings. The SMILES string of the molecule is [SiH3][C@@H]1COCCN1. The van der Waals surface area contributed by atoms with E-state index in [0.29, 0.717) is 5.67 Å². The number of rotatable bonds is 0. The van der Waals surface area contributed by atoms with Crippen molar-refractivity contribution in [1.82, 2.24) is 5.32 Å². The lowest BCUT2D eigenvalue weighted by Gasteiger charge is -2.19. The molecule has 1 heterocycles. The predicted molar refractivity (Wildman–Crippen MR) is 32.5 cm³/mol. The Morgan fingerprint density at radius 1 is 1.71 bits per heavy atom. The molecule has 42 valence electrons. The van der Waals surface area contributed by atoms with Crippen molar-refractivity contribution in [3.8, 4) is 0 Å². The average Bonchev–Trinajstić information content (AvgIpc) is 1.69. The molecule has 3 heteroatoms. The normalized spacial score (nSPS) is 33.4. The lowest BCUT2D eigenvalue weighted by molar-refractivity contribution is 0.0984. The van der Waals surface area contributed by atoms with Crippen molar-refractivity contribution < 1.29 is 4.74 Å². The highest BCUT2D eigenvalue weighted by Crippen LogP contribution is 1.85. The Morgan fingerprint density at radius 3 is 2.86 bits per heavy atom. The summed E-state index contributed by atoms with van der Waals surface area (Å²) in [5.74, 6) is 0. The zero-order chi connectivity index (χ0) is 5.11. The van der Waals surface area contributed by atoms with Crippen LogP contribution >= 0.6 is 0 Å². The van der Waals surface area contributed by atoms with Gasteiger partial charge in [0.15, 0.2) is 0 Å². The van der Waals surface area contributed by atoms with E-state index < -0.39 is 0 Å². The van der Waals surface area contributed by atoms with Crippen molar-refractivity contribution in [1.29, 1.82) is 0 Å². The summed E-state index contributed by atoms with van der Waals surface area (Å²) in [6.45, 7) is 2.89. The van der Waals surface area contributed by atoms with Crippen molar-refractivity contribution in [2.24, 2.45) is 0 Å². The van der Waals surface area contributed by atoms with Gasteiger partial charge in [-0.1, -0.05) is 0 Å². The fourth-order valence-electron chi connectivity index (χ4n) is 0.697. The molecule has 1 rings (SSSR count). The minimum Gasteiger partial charge on any atom is -0.379 e. The van der Waals surface area contributed by atoms with Gasteiger partial charge in [-0.2, -0.15) is 0 Å². The first kappa shape index (κ1) is 5.28. The zero-order valence-corrected chi connectivity index (χ0v) is 6.61. The van der Waals surface area contributed by atoms with Crippen LogP contribution in [0.3, 0.4) is 0 Å². The molecular weight excluding hydrogens is 106 g/mol. The number of nitrogens with one attached hydrogen (secondary N) is 1. The molecule has 1 N–H and O–H groups in total. The third-order valence-corrected chi connectivity index (χ3v) is 1.85. The molecule has 0 unspecified atom stereocenters. The maximum Gasteiger partial charge on any atom is 0.0591 e. The third-order valence-electron chi connectivity index (χ3n) is 1.11. The molecule has 1 atom stereocenters. The Kier molecular flexibility index (Phi) is 1.84. The zero-order valence-electron chi connectivity index (χ0n) is 4.61. The Labute approximate surface area is 46.7 Å². The second-order valence-electron chi connectivity index (χ2n) is 1.93. The number of ether oxygens (including phenoxy) is 1. The monoisotopic (exact) mass is 117 g/mol. The van der Waals surface area contributed by atoms with Gasteiger partial charge in [-0.3, -0.25) is 0 Å². The fraction of sp³-hybridized carbons (Fsp3) is 1.00. The van der Waals surface area contributed by atoms with Gasteiger partial charge < -0.3 is 10.1 Å². The summed E-state index contributed by atoms with van der Waals surface area (Å²) in [4.78, 5) is 0. The second-order valence-corrected chi connectivity index (χ2v) is 3.32. The van der Waals surface area contributed by atoms with Crippen LogP contribution in [0.4, 0.5) is 0 Å². The first-order valence-electron chi connectivity index (χ1n) is 2.71. The number of hydrogen-bond acceptors (Lipinski definition) is 2. The van der Waals surface area contributed by atoms with Gasteiger partial charge in [-0.25, -0.2) is 0 Å². The third kappa shape index (κ3) is 1.59. The number of hydrogen-bond donors (Lipinski definition) is 1. The van der Waals surface area contributed by atoms with Crippen LogP contribution in [0, 0.1) is 0 Å². The Balaban J connectivity index is 2.12. The molecule has 0 radical (unpaired) electrons. The van der Waals surface area contributed by atoms with Gasteiger partial charge in [0.1, 0.15) is 0 Å². The van der Waals surface area contributed by atoms with Gasteiger partial charge in [-0.05, 0) is 0 Å². The molecule has 0 bridgehead atoms. The van der Waals surface area contributed by atoms with Gasteiger partial charge >= 0.3 is 0 Å². The number of morpholine rings is 1. The van der Waals surface area contributed by atoms with Gasteiger partial charge in [0.05, 0.1) is 13.2 Å². The molecule has 0 aromatic rings. The highest BCUT2D eigenvalue weighted by molar-refractivity contribution is 6.11. The van der Waals surface area contributed by atoms with E-state index in [0.717, 1.165) is 19.8 Å². The highest BCUT2D eigenvalue weighted by Gasteiger charge is 2.04. The van der Waals surface area contributed by atoms with E-state index in [-0.39, 0.29) is 0 Å². The van der Waals surface area contributed by atoms with Crippen LogP contribution in [0.5, 0.6) is 0 Å². The maximum atomic E-state index is 5.15. The predicted octanol–water partition coefficient (Wildman–Crippen LogP) is -1.70. The Bertz CT molecular complexity index is 53.7. The molecule has 0 saturated carbocycles. The first-order valence-corrected chi connectivity index (χ1v) is 3.86. The van der Waals surface area contributed by atoms with Crippen LogP contribution in [0.2, 0.25) is 0 Å². The van der Waals surface area contributed by atoms with Crippen molar-refractivity contribution in [3.63, 3.8) is 0 Å². The molecule has 0 aliphatic carbocycles. The summed E-state index contributed by atoms with van der Waals surface area (Å²) in [6, 6.07) is 0. The fourth-order valence-corrected chi connectivity index (χ4v) is 1.22. The second kappa shape index (κ2) is 2.45. The topological polar surface area (TPSA) is 21.3 Å². The minimum absolute atomic E-state index is 0.703. The average molecular weight is 117 g/mol. The molecular formula is C4H11NOSi. The van der Waals surface area contributed by atoms with E-state index in [1.807, 2.05) is 0 Å². The molecule has 0 amide bonds. The molecule has 0 aromatic heterocycles.